The van der Waals surface area contributed by atoms with Crippen LogP contribution in [0.3, 0.4) is 0 Å². The Hall–Kier alpha value is -2.29. The lowest BCUT2D eigenvalue weighted by Gasteiger charge is -2.06. The first-order chi connectivity index (χ1) is 9.79. The van der Waals surface area contributed by atoms with Crippen LogP contribution in [-0.2, 0) is 6.42 Å². The smallest absolute Gasteiger partial charge is 0.251 e. The topological polar surface area (TPSA) is 41.1 Å². The molecular formula is C17H20N2O. The predicted molar refractivity (Wildman–Crippen MR) is 83.1 cm³/mol. The second kappa shape index (κ2) is 7.34. The van der Waals surface area contributed by atoms with Crippen LogP contribution in [-0.4, -0.2) is 19.5 Å². The van der Waals surface area contributed by atoms with Gasteiger partial charge in [0.05, 0.1) is 0 Å². The lowest BCUT2D eigenvalue weighted by Crippen LogP contribution is -2.24. The number of anilines is 1. The number of hydrogen-bond donors (Lipinski definition) is 2. The highest BCUT2D eigenvalue weighted by molar-refractivity contribution is 5.94. The van der Waals surface area contributed by atoms with Crippen molar-refractivity contribution < 1.29 is 4.79 Å². The molecule has 0 bridgehead atoms. The fraction of sp³-hybridized carbons (Fsp3) is 0.235. The molecule has 0 heterocycles. The van der Waals surface area contributed by atoms with Gasteiger partial charge in [-0.1, -0.05) is 30.3 Å². The molecule has 0 aromatic heterocycles. The van der Waals surface area contributed by atoms with E-state index in [1.54, 1.807) is 0 Å². The number of hydrogen-bond acceptors (Lipinski definition) is 2. The maximum Gasteiger partial charge on any atom is 0.251 e. The van der Waals surface area contributed by atoms with Crippen molar-refractivity contribution in [2.24, 2.45) is 0 Å². The Morgan fingerprint density at radius 2 is 1.70 bits per heavy atom. The van der Waals surface area contributed by atoms with Gasteiger partial charge in [0.2, 0.25) is 0 Å². The molecule has 2 aromatic carbocycles. The Bertz CT molecular complexity index is 535. The van der Waals surface area contributed by atoms with E-state index in [2.05, 4.69) is 22.8 Å². The third-order valence-corrected chi connectivity index (χ3v) is 3.21. The molecule has 0 aliphatic carbocycles. The fourth-order valence-electron chi connectivity index (χ4n) is 2.03. The molecule has 104 valence electrons. The number of carbonyl (C=O) groups excluding carboxylic acids is 1. The maximum absolute atomic E-state index is 11.9. The van der Waals surface area contributed by atoms with Gasteiger partial charge in [-0.05, 0) is 42.7 Å². The largest absolute Gasteiger partial charge is 0.388 e. The number of nitrogens with one attached hydrogen (secondary N) is 2. The summed E-state index contributed by atoms with van der Waals surface area (Å²) in [6, 6.07) is 17.8. The summed E-state index contributed by atoms with van der Waals surface area (Å²) in [6.07, 6.45) is 1.93. The van der Waals surface area contributed by atoms with Crippen LogP contribution in [0, 0.1) is 0 Å². The third-order valence-electron chi connectivity index (χ3n) is 3.21. The molecule has 0 unspecified atom stereocenters. The standard InChI is InChI=1S/C17H20N2O/c1-18-16-11-9-15(10-12-16)17(20)19-13-5-8-14-6-3-2-4-7-14/h2-4,6-7,9-12,18H,5,8,13H2,1H3,(H,19,20). The number of aryl methyl sites for hydroxylation is 1. The molecule has 0 radical (unpaired) electrons. The van der Waals surface area contributed by atoms with Crippen molar-refractivity contribution in [3.63, 3.8) is 0 Å². The van der Waals surface area contributed by atoms with Gasteiger partial charge in [-0.25, -0.2) is 0 Å². The lowest BCUT2D eigenvalue weighted by molar-refractivity contribution is 0.0953. The molecule has 2 aromatic rings. The molecule has 0 fully saturated rings. The van der Waals surface area contributed by atoms with Crippen molar-refractivity contribution in [2.75, 3.05) is 18.9 Å². The van der Waals surface area contributed by atoms with Gasteiger partial charge >= 0.3 is 0 Å². The van der Waals surface area contributed by atoms with Gasteiger partial charge in [0.15, 0.2) is 0 Å². The van der Waals surface area contributed by atoms with E-state index in [0.29, 0.717) is 12.1 Å². The Labute approximate surface area is 120 Å². The van der Waals surface area contributed by atoms with Crippen molar-refractivity contribution in [3.8, 4) is 0 Å². The molecule has 20 heavy (non-hydrogen) atoms. The van der Waals surface area contributed by atoms with Crippen LogP contribution in [0.1, 0.15) is 22.3 Å². The first kappa shape index (κ1) is 14.1. The molecule has 2 rings (SSSR count). The summed E-state index contributed by atoms with van der Waals surface area (Å²) in [5.41, 5.74) is 3.01. The summed E-state index contributed by atoms with van der Waals surface area (Å²) < 4.78 is 0. The minimum Gasteiger partial charge on any atom is -0.388 e. The van der Waals surface area contributed by atoms with Gasteiger partial charge in [-0.15, -0.1) is 0 Å². The average Bonchev–Trinajstić information content (AvgIpc) is 2.52. The minimum absolute atomic E-state index is 0.0132. The Morgan fingerprint density at radius 1 is 1.00 bits per heavy atom. The van der Waals surface area contributed by atoms with E-state index in [1.807, 2.05) is 49.5 Å². The summed E-state index contributed by atoms with van der Waals surface area (Å²) in [5.74, 6) is -0.0132. The number of benzene rings is 2. The average molecular weight is 268 g/mol. The molecule has 0 saturated heterocycles. The molecule has 0 spiro atoms. The van der Waals surface area contributed by atoms with Crippen LogP contribution in [0.5, 0.6) is 0 Å². The van der Waals surface area contributed by atoms with Crippen LogP contribution in [0.4, 0.5) is 5.69 Å². The summed E-state index contributed by atoms with van der Waals surface area (Å²) in [6.45, 7) is 0.696. The zero-order valence-corrected chi connectivity index (χ0v) is 11.7. The van der Waals surface area contributed by atoms with E-state index in [9.17, 15) is 4.79 Å². The molecule has 2 N–H and O–H groups in total. The third kappa shape index (κ3) is 4.12. The number of carbonyl (C=O) groups is 1. The van der Waals surface area contributed by atoms with Gasteiger partial charge in [-0.3, -0.25) is 4.79 Å². The van der Waals surface area contributed by atoms with Crippen LogP contribution >= 0.6 is 0 Å². The number of rotatable bonds is 6. The fourth-order valence-corrected chi connectivity index (χ4v) is 2.03. The summed E-state index contributed by atoms with van der Waals surface area (Å²) >= 11 is 0. The molecule has 0 saturated carbocycles. The first-order valence-electron chi connectivity index (χ1n) is 6.89. The highest BCUT2D eigenvalue weighted by Gasteiger charge is 2.04. The second-order valence-electron chi connectivity index (χ2n) is 4.67. The van der Waals surface area contributed by atoms with E-state index < -0.39 is 0 Å². The SMILES string of the molecule is CNc1ccc(C(=O)NCCCc2ccccc2)cc1. The molecule has 3 heteroatoms. The lowest BCUT2D eigenvalue weighted by atomic mass is 10.1. The Balaban J connectivity index is 1.74. The van der Waals surface area contributed by atoms with Gasteiger partial charge in [0.1, 0.15) is 0 Å². The van der Waals surface area contributed by atoms with E-state index in [-0.39, 0.29) is 5.91 Å². The zero-order chi connectivity index (χ0) is 14.2. The first-order valence-corrected chi connectivity index (χ1v) is 6.89. The quantitative estimate of drug-likeness (QED) is 0.790. The van der Waals surface area contributed by atoms with Crippen LogP contribution in [0.2, 0.25) is 0 Å². The molecule has 0 aliphatic rings. The van der Waals surface area contributed by atoms with Gasteiger partial charge in [0.25, 0.3) is 5.91 Å². The maximum atomic E-state index is 11.9. The monoisotopic (exact) mass is 268 g/mol. The Morgan fingerprint density at radius 3 is 2.35 bits per heavy atom. The van der Waals surface area contributed by atoms with E-state index in [1.165, 1.54) is 5.56 Å². The summed E-state index contributed by atoms with van der Waals surface area (Å²) in [4.78, 5) is 11.9. The Kier molecular flexibility index (Phi) is 5.18. The molecule has 0 atom stereocenters. The van der Waals surface area contributed by atoms with Crippen molar-refractivity contribution in [1.82, 2.24) is 5.32 Å². The van der Waals surface area contributed by atoms with Crippen molar-refractivity contribution in [3.05, 3.63) is 65.7 Å². The van der Waals surface area contributed by atoms with Crippen molar-refractivity contribution in [2.45, 2.75) is 12.8 Å². The van der Waals surface area contributed by atoms with Crippen LogP contribution < -0.4 is 10.6 Å². The van der Waals surface area contributed by atoms with Crippen molar-refractivity contribution in [1.29, 1.82) is 0 Å². The van der Waals surface area contributed by atoms with Crippen LogP contribution in [0.15, 0.2) is 54.6 Å². The van der Waals surface area contributed by atoms with Gasteiger partial charge in [-0.2, -0.15) is 0 Å². The van der Waals surface area contributed by atoms with E-state index in [4.69, 9.17) is 0 Å². The second-order valence-corrected chi connectivity index (χ2v) is 4.67. The highest BCUT2D eigenvalue weighted by Crippen LogP contribution is 2.08. The zero-order valence-electron chi connectivity index (χ0n) is 11.7. The summed E-state index contributed by atoms with van der Waals surface area (Å²) in [7, 11) is 1.86. The molecular weight excluding hydrogens is 248 g/mol. The minimum atomic E-state index is -0.0132. The molecule has 1 amide bonds. The van der Waals surface area contributed by atoms with Gasteiger partial charge < -0.3 is 10.6 Å². The predicted octanol–water partition coefficient (Wildman–Crippen LogP) is 3.09. The number of amides is 1. The van der Waals surface area contributed by atoms with Gasteiger partial charge in [0, 0.05) is 24.8 Å². The molecule has 3 nitrogen and oxygen atoms in total. The van der Waals surface area contributed by atoms with E-state index >= 15 is 0 Å². The van der Waals surface area contributed by atoms with Crippen molar-refractivity contribution >= 4 is 11.6 Å². The van der Waals surface area contributed by atoms with Crippen LogP contribution in [0.25, 0.3) is 0 Å². The highest BCUT2D eigenvalue weighted by atomic mass is 16.1. The summed E-state index contributed by atoms with van der Waals surface area (Å²) in [5, 5.41) is 5.98. The van der Waals surface area contributed by atoms with E-state index in [0.717, 1.165) is 18.5 Å². The normalized spacial score (nSPS) is 10.1. The molecule has 0 aliphatic heterocycles.